The van der Waals surface area contributed by atoms with Crippen molar-refractivity contribution in [2.24, 2.45) is 5.92 Å². The summed E-state index contributed by atoms with van der Waals surface area (Å²) in [6, 6.07) is 19.3. The van der Waals surface area contributed by atoms with E-state index in [4.69, 9.17) is 0 Å². The molecule has 2 amide bonds. The first-order valence-corrected chi connectivity index (χ1v) is 7.86. The van der Waals surface area contributed by atoms with E-state index < -0.39 is 0 Å². The van der Waals surface area contributed by atoms with Gasteiger partial charge in [0.1, 0.15) is 0 Å². The lowest BCUT2D eigenvalue weighted by Gasteiger charge is -2.18. The van der Waals surface area contributed by atoms with Gasteiger partial charge in [0.2, 0.25) is 11.8 Å². The monoisotopic (exact) mass is 308 g/mol. The van der Waals surface area contributed by atoms with Crippen molar-refractivity contribution in [2.45, 2.75) is 19.4 Å². The van der Waals surface area contributed by atoms with Crippen LogP contribution in [0, 0.1) is 5.92 Å². The van der Waals surface area contributed by atoms with Gasteiger partial charge in [0.15, 0.2) is 0 Å². The lowest BCUT2D eigenvalue weighted by atomic mass is 10.1. The van der Waals surface area contributed by atoms with Crippen LogP contribution < -0.4 is 10.2 Å². The molecule has 3 rings (SSSR count). The van der Waals surface area contributed by atoms with Crippen LogP contribution in [0.1, 0.15) is 24.9 Å². The molecule has 4 nitrogen and oxygen atoms in total. The number of amides is 2. The van der Waals surface area contributed by atoms with Crippen molar-refractivity contribution in [3.63, 3.8) is 0 Å². The van der Waals surface area contributed by atoms with Crippen LogP contribution in [0.5, 0.6) is 0 Å². The van der Waals surface area contributed by atoms with Crippen LogP contribution >= 0.6 is 0 Å². The molecule has 0 aliphatic carbocycles. The van der Waals surface area contributed by atoms with Crippen molar-refractivity contribution >= 4 is 17.5 Å². The number of carbonyl (C=O) groups excluding carboxylic acids is 2. The standard InChI is InChI=1S/C19H20N2O2/c1-14(15-8-4-2-5-9-15)20-19(23)16-12-18(22)21(13-16)17-10-6-3-7-11-17/h2-11,14,16H,12-13H2,1H3,(H,20,23)/t14-,16+/m0/s1. The van der Waals surface area contributed by atoms with E-state index in [1.165, 1.54) is 0 Å². The SMILES string of the molecule is C[C@H](NC(=O)[C@@H]1CC(=O)N(c2ccccc2)C1)c1ccccc1. The summed E-state index contributed by atoms with van der Waals surface area (Å²) in [5.74, 6) is -0.356. The fourth-order valence-corrected chi connectivity index (χ4v) is 2.90. The molecule has 0 radical (unpaired) electrons. The number of para-hydroxylation sites is 1. The molecule has 1 fully saturated rings. The maximum absolute atomic E-state index is 12.5. The summed E-state index contributed by atoms with van der Waals surface area (Å²) in [6.45, 7) is 2.40. The van der Waals surface area contributed by atoms with Crippen LogP contribution in [-0.2, 0) is 9.59 Å². The molecule has 0 unspecified atom stereocenters. The molecule has 23 heavy (non-hydrogen) atoms. The topological polar surface area (TPSA) is 49.4 Å². The molecule has 2 aromatic rings. The smallest absolute Gasteiger partial charge is 0.227 e. The molecule has 2 atom stereocenters. The number of hydrogen-bond acceptors (Lipinski definition) is 2. The molecule has 118 valence electrons. The van der Waals surface area contributed by atoms with Gasteiger partial charge < -0.3 is 10.2 Å². The number of hydrogen-bond donors (Lipinski definition) is 1. The Hall–Kier alpha value is -2.62. The minimum Gasteiger partial charge on any atom is -0.349 e. The third-order valence-electron chi connectivity index (χ3n) is 4.22. The fraction of sp³-hybridized carbons (Fsp3) is 0.263. The van der Waals surface area contributed by atoms with E-state index in [0.717, 1.165) is 11.3 Å². The summed E-state index contributed by atoms with van der Waals surface area (Å²) >= 11 is 0. The molecular formula is C19H20N2O2. The average Bonchev–Trinajstić information content (AvgIpc) is 2.98. The highest BCUT2D eigenvalue weighted by molar-refractivity contribution is 6.00. The molecule has 0 saturated carbocycles. The van der Waals surface area contributed by atoms with E-state index >= 15 is 0 Å². The fourth-order valence-electron chi connectivity index (χ4n) is 2.90. The van der Waals surface area contributed by atoms with Crippen LogP contribution in [0.25, 0.3) is 0 Å². The molecule has 2 aromatic carbocycles. The first-order valence-electron chi connectivity index (χ1n) is 7.86. The first-order chi connectivity index (χ1) is 11.1. The quantitative estimate of drug-likeness (QED) is 0.944. The van der Waals surface area contributed by atoms with Gasteiger partial charge in [-0.05, 0) is 24.6 Å². The third-order valence-corrected chi connectivity index (χ3v) is 4.22. The zero-order chi connectivity index (χ0) is 16.2. The Morgan fingerprint density at radius 1 is 1.09 bits per heavy atom. The van der Waals surface area contributed by atoms with Crippen molar-refractivity contribution in [1.29, 1.82) is 0 Å². The minimum atomic E-state index is -0.297. The Kier molecular flexibility index (Phi) is 4.42. The highest BCUT2D eigenvalue weighted by atomic mass is 16.2. The number of nitrogens with zero attached hydrogens (tertiary/aromatic N) is 1. The molecule has 0 spiro atoms. The average molecular weight is 308 g/mol. The maximum atomic E-state index is 12.5. The Balaban J connectivity index is 1.64. The Bertz CT molecular complexity index is 685. The Morgan fingerprint density at radius 3 is 2.35 bits per heavy atom. The first kappa shape index (κ1) is 15.3. The van der Waals surface area contributed by atoms with E-state index in [2.05, 4.69) is 5.32 Å². The van der Waals surface area contributed by atoms with Gasteiger partial charge in [-0.1, -0.05) is 48.5 Å². The highest BCUT2D eigenvalue weighted by Gasteiger charge is 2.35. The molecular weight excluding hydrogens is 288 g/mol. The van der Waals surface area contributed by atoms with Crippen LogP contribution in [0.3, 0.4) is 0 Å². The van der Waals surface area contributed by atoms with Crippen LogP contribution in [0.15, 0.2) is 60.7 Å². The van der Waals surface area contributed by atoms with Crippen molar-refractivity contribution < 1.29 is 9.59 Å². The van der Waals surface area contributed by atoms with Crippen LogP contribution in [0.2, 0.25) is 0 Å². The van der Waals surface area contributed by atoms with Gasteiger partial charge in [0, 0.05) is 18.7 Å². The van der Waals surface area contributed by atoms with E-state index in [-0.39, 0.29) is 30.2 Å². The van der Waals surface area contributed by atoms with Crippen molar-refractivity contribution in [3.05, 3.63) is 66.2 Å². The Labute approximate surface area is 136 Å². The maximum Gasteiger partial charge on any atom is 0.227 e. The lowest BCUT2D eigenvalue weighted by Crippen LogP contribution is -2.34. The van der Waals surface area contributed by atoms with Crippen LogP contribution in [0.4, 0.5) is 5.69 Å². The summed E-state index contributed by atoms with van der Waals surface area (Å²) in [4.78, 5) is 26.3. The minimum absolute atomic E-state index is 0.00344. The Morgan fingerprint density at radius 2 is 1.70 bits per heavy atom. The van der Waals surface area contributed by atoms with Gasteiger partial charge >= 0.3 is 0 Å². The third kappa shape index (κ3) is 3.42. The number of rotatable bonds is 4. The predicted octanol–water partition coefficient (Wildman–Crippen LogP) is 2.92. The molecule has 4 heteroatoms. The molecule has 1 heterocycles. The molecule has 0 bridgehead atoms. The molecule has 0 aromatic heterocycles. The summed E-state index contributed by atoms with van der Waals surface area (Å²) in [5, 5.41) is 3.01. The summed E-state index contributed by atoms with van der Waals surface area (Å²) in [7, 11) is 0. The zero-order valence-corrected chi connectivity index (χ0v) is 13.1. The number of carbonyl (C=O) groups is 2. The van der Waals surface area contributed by atoms with Gasteiger partial charge in [-0.3, -0.25) is 9.59 Å². The van der Waals surface area contributed by atoms with Crippen LogP contribution in [-0.4, -0.2) is 18.4 Å². The number of benzene rings is 2. The van der Waals surface area contributed by atoms with Gasteiger partial charge in [0.05, 0.1) is 12.0 Å². The van der Waals surface area contributed by atoms with Gasteiger partial charge in [-0.2, -0.15) is 0 Å². The second-order valence-electron chi connectivity index (χ2n) is 5.88. The normalized spacial score (nSPS) is 18.7. The van der Waals surface area contributed by atoms with E-state index in [1.807, 2.05) is 67.6 Å². The summed E-state index contributed by atoms with van der Waals surface area (Å²) in [6.07, 6.45) is 0.266. The predicted molar refractivity (Wildman–Crippen MR) is 89.9 cm³/mol. The van der Waals surface area contributed by atoms with E-state index in [0.29, 0.717) is 6.54 Å². The summed E-state index contributed by atoms with van der Waals surface area (Å²) < 4.78 is 0. The summed E-state index contributed by atoms with van der Waals surface area (Å²) in [5.41, 5.74) is 1.91. The number of nitrogens with one attached hydrogen (secondary N) is 1. The van der Waals surface area contributed by atoms with E-state index in [9.17, 15) is 9.59 Å². The van der Waals surface area contributed by atoms with Gasteiger partial charge in [0.25, 0.3) is 0 Å². The second-order valence-corrected chi connectivity index (χ2v) is 5.88. The highest BCUT2D eigenvalue weighted by Crippen LogP contribution is 2.25. The van der Waals surface area contributed by atoms with Gasteiger partial charge in [-0.15, -0.1) is 0 Å². The van der Waals surface area contributed by atoms with Crippen molar-refractivity contribution in [3.8, 4) is 0 Å². The molecule has 1 aliphatic rings. The zero-order valence-electron chi connectivity index (χ0n) is 13.1. The molecule has 1 saturated heterocycles. The molecule has 1 N–H and O–H groups in total. The number of anilines is 1. The lowest BCUT2D eigenvalue weighted by molar-refractivity contribution is -0.126. The molecule has 1 aliphatic heterocycles. The largest absolute Gasteiger partial charge is 0.349 e. The van der Waals surface area contributed by atoms with Gasteiger partial charge in [-0.25, -0.2) is 0 Å². The van der Waals surface area contributed by atoms with Crippen molar-refractivity contribution in [1.82, 2.24) is 5.32 Å². The second kappa shape index (κ2) is 6.65. The van der Waals surface area contributed by atoms with E-state index in [1.54, 1.807) is 4.90 Å². The van der Waals surface area contributed by atoms with Crippen molar-refractivity contribution in [2.75, 3.05) is 11.4 Å².